The second-order valence-electron chi connectivity index (χ2n) is 6.71. The van der Waals surface area contributed by atoms with E-state index in [9.17, 15) is 13.2 Å². The van der Waals surface area contributed by atoms with Crippen LogP contribution < -0.4 is 10.0 Å². The minimum atomic E-state index is -3.49. The lowest BCUT2D eigenvalue weighted by Crippen LogP contribution is -2.22. The standard InChI is InChI=1S/C22H24N4O3S/c1-3-23-30(28,29)20-12-9-18(10-13-20)11-14-22(27)24-21-15-17(2)25-26(21)16-19-7-5-4-6-8-19/h4-15,23H,3,16H2,1-2H3,(H,24,27)/b14-11+. The third-order valence-electron chi connectivity index (χ3n) is 4.28. The van der Waals surface area contributed by atoms with Crippen LogP contribution in [-0.2, 0) is 21.4 Å². The van der Waals surface area contributed by atoms with E-state index in [2.05, 4.69) is 15.1 Å². The Hall–Kier alpha value is -3.23. The number of carbonyl (C=O) groups excluding carboxylic acids is 1. The third-order valence-corrected chi connectivity index (χ3v) is 5.84. The van der Waals surface area contributed by atoms with E-state index in [0.29, 0.717) is 18.9 Å². The first-order valence-electron chi connectivity index (χ1n) is 9.54. The number of aromatic nitrogens is 2. The Kier molecular flexibility index (Phi) is 6.81. The van der Waals surface area contributed by atoms with Gasteiger partial charge in [-0.3, -0.25) is 4.79 Å². The molecule has 1 amide bonds. The SMILES string of the molecule is CCNS(=O)(=O)c1ccc(/C=C/C(=O)Nc2cc(C)nn2Cc2ccccc2)cc1. The predicted molar refractivity (Wildman–Crippen MR) is 117 cm³/mol. The summed E-state index contributed by atoms with van der Waals surface area (Å²) in [6.07, 6.45) is 3.03. The number of sulfonamides is 1. The minimum Gasteiger partial charge on any atom is -0.307 e. The van der Waals surface area contributed by atoms with Crippen LogP contribution in [0.15, 0.2) is 71.6 Å². The van der Waals surface area contributed by atoms with Crippen LogP contribution >= 0.6 is 0 Å². The Morgan fingerprint density at radius 1 is 1.10 bits per heavy atom. The zero-order valence-corrected chi connectivity index (χ0v) is 17.7. The van der Waals surface area contributed by atoms with Crippen LogP contribution in [0.3, 0.4) is 0 Å². The maximum atomic E-state index is 12.4. The molecule has 2 aromatic carbocycles. The summed E-state index contributed by atoms with van der Waals surface area (Å²) in [4.78, 5) is 12.6. The molecule has 0 bridgehead atoms. The molecule has 1 heterocycles. The van der Waals surface area contributed by atoms with E-state index in [1.54, 1.807) is 29.8 Å². The minimum absolute atomic E-state index is 0.186. The molecule has 0 saturated carbocycles. The van der Waals surface area contributed by atoms with E-state index in [0.717, 1.165) is 16.8 Å². The molecule has 0 aliphatic heterocycles. The number of aryl methyl sites for hydroxylation is 1. The highest BCUT2D eigenvalue weighted by atomic mass is 32.2. The van der Waals surface area contributed by atoms with Gasteiger partial charge in [0.25, 0.3) is 0 Å². The number of benzene rings is 2. The molecule has 156 valence electrons. The Labute approximate surface area is 176 Å². The van der Waals surface area contributed by atoms with E-state index in [1.165, 1.54) is 18.2 Å². The van der Waals surface area contributed by atoms with Crippen LogP contribution in [0.5, 0.6) is 0 Å². The van der Waals surface area contributed by atoms with Crippen LogP contribution in [0, 0.1) is 6.92 Å². The van der Waals surface area contributed by atoms with Crippen molar-refractivity contribution in [1.82, 2.24) is 14.5 Å². The molecule has 0 saturated heterocycles. The molecule has 0 unspecified atom stereocenters. The summed E-state index contributed by atoms with van der Waals surface area (Å²) in [5.74, 6) is 0.312. The fraction of sp³-hybridized carbons (Fsp3) is 0.182. The van der Waals surface area contributed by atoms with Crippen molar-refractivity contribution in [3.63, 3.8) is 0 Å². The Morgan fingerprint density at radius 2 is 1.80 bits per heavy atom. The van der Waals surface area contributed by atoms with Crippen LogP contribution in [0.4, 0.5) is 5.82 Å². The van der Waals surface area contributed by atoms with Gasteiger partial charge in [0.15, 0.2) is 0 Å². The molecule has 3 aromatic rings. The smallest absolute Gasteiger partial charge is 0.249 e. The Bertz CT molecular complexity index is 1130. The maximum absolute atomic E-state index is 12.4. The first-order chi connectivity index (χ1) is 14.4. The number of carbonyl (C=O) groups is 1. The van der Waals surface area contributed by atoms with Gasteiger partial charge in [0, 0.05) is 18.7 Å². The third kappa shape index (κ3) is 5.65. The molecule has 0 atom stereocenters. The summed E-state index contributed by atoms with van der Waals surface area (Å²) in [5, 5.41) is 7.28. The number of hydrogen-bond donors (Lipinski definition) is 2. The van der Waals surface area contributed by atoms with Crippen LogP contribution in [-0.4, -0.2) is 30.7 Å². The van der Waals surface area contributed by atoms with Gasteiger partial charge in [0.05, 0.1) is 17.1 Å². The van der Waals surface area contributed by atoms with Crippen molar-refractivity contribution < 1.29 is 13.2 Å². The van der Waals surface area contributed by atoms with Gasteiger partial charge in [0.1, 0.15) is 5.82 Å². The zero-order valence-electron chi connectivity index (χ0n) is 16.9. The van der Waals surface area contributed by atoms with Crippen LogP contribution in [0.1, 0.15) is 23.7 Å². The molecule has 7 nitrogen and oxygen atoms in total. The summed E-state index contributed by atoms with van der Waals surface area (Å²) in [7, 11) is -3.49. The fourth-order valence-corrected chi connectivity index (χ4v) is 3.94. The molecule has 0 aliphatic carbocycles. The van der Waals surface area contributed by atoms with Crippen molar-refractivity contribution in [2.24, 2.45) is 0 Å². The fourth-order valence-electron chi connectivity index (χ4n) is 2.89. The highest BCUT2D eigenvalue weighted by molar-refractivity contribution is 7.89. The van der Waals surface area contributed by atoms with Crippen molar-refractivity contribution >= 4 is 27.8 Å². The number of rotatable bonds is 8. The molecule has 3 rings (SSSR count). The molecular formula is C22H24N4O3S. The predicted octanol–water partition coefficient (Wildman–Crippen LogP) is 3.19. The number of nitrogens with one attached hydrogen (secondary N) is 2. The number of amides is 1. The molecule has 0 fully saturated rings. The van der Waals surface area contributed by atoms with Gasteiger partial charge in [-0.05, 0) is 36.3 Å². The van der Waals surface area contributed by atoms with Crippen LogP contribution in [0.25, 0.3) is 6.08 Å². The lowest BCUT2D eigenvalue weighted by molar-refractivity contribution is -0.111. The molecule has 0 spiro atoms. The molecule has 0 aliphatic rings. The van der Waals surface area contributed by atoms with Gasteiger partial charge in [-0.2, -0.15) is 5.10 Å². The Morgan fingerprint density at radius 3 is 2.47 bits per heavy atom. The quantitative estimate of drug-likeness (QED) is 0.543. The lowest BCUT2D eigenvalue weighted by atomic mass is 10.2. The molecule has 30 heavy (non-hydrogen) atoms. The molecule has 2 N–H and O–H groups in total. The summed E-state index contributed by atoms with van der Waals surface area (Å²) in [5.41, 5.74) is 2.61. The van der Waals surface area contributed by atoms with E-state index in [1.807, 2.05) is 43.3 Å². The van der Waals surface area contributed by atoms with Gasteiger partial charge in [0.2, 0.25) is 15.9 Å². The van der Waals surface area contributed by atoms with Crippen LogP contribution in [0.2, 0.25) is 0 Å². The number of hydrogen-bond acceptors (Lipinski definition) is 4. The van der Waals surface area contributed by atoms with E-state index in [-0.39, 0.29) is 10.8 Å². The average molecular weight is 425 g/mol. The van der Waals surface area contributed by atoms with Gasteiger partial charge in [-0.25, -0.2) is 17.8 Å². The molecule has 8 heteroatoms. The lowest BCUT2D eigenvalue weighted by Gasteiger charge is -2.08. The van der Waals surface area contributed by atoms with E-state index >= 15 is 0 Å². The summed E-state index contributed by atoms with van der Waals surface area (Å²) in [6.45, 7) is 4.47. The summed E-state index contributed by atoms with van der Waals surface area (Å²) < 4.78 is 28.1. The monoisotopic (exact) mass is 424 g/mol. The second kappa shape index (κ2) is 9.51. The van der Waals surface area contributed by atoms with Crippen molar-refractivity contribution in [2.45, 2.75) is 25.3 Å². The highest BCUT2D eigenvalue weighted by Gasteiger charge is 2.12. The molecular weight excluding hydrogens is 400 g/mol. The summed E-state index contributed by atoms with van der Waals surface area (Å²) in [6, 6.07) is 18.0. The maximum Gasteiger partial charge on any atom is 0.249 e. The highest BCUT2D eigenvalue weighted by Crippen LogP contribution is 2.14. The Balaban J connectivity index is 1.67. The first kappa shape index (κ1) is 21.5. The van der Waals surface area contributed by atoms with Gasteiger partial charge in [-0.15, -0.1) is 0 Å². The summed E-state index contributed by atoms with van der Waals surface area (Å²) >= 11 is 0. The first-order valence-corrected chi connectivity index (χ1v) is 11.0. The molecule has 1 aromatic heterocycles. The average Bonchev–Trinajstić information content (AvgIpc) is 3.06. The largest absolute Gasteiger partial charge is 0.307 e. The van der Waals surface area contributed by atoms with E-state index < -0.39 is 10.0 Å². The van der Waals surface area contributed by atoms with Crippen molar-refractivity contribution in [2.75, 3.05) is 11.9 Å². The normalized spacial score (nSPS) is 11.7. The van der Waals surface area contributed by atoms with E-state index in [4.69, 9.17) is 0 Å². The van der Waals surface area contributed by atoms with Gasteiger partial charge in [-0.1, -0.05) is 49.4 Å². The van der Waals surface area contributed by atoms with Crippen molar-refractivity contribution in [1.29, 1.82) is 0 Å². The topological polar surface area (TPSA) is 93.1 Å². The number of nitrogens with zero attached hydrogens (tertiary/aromatic N) is 2. The molecule has 0 radical (unpaired) electrons. The van der Waals surface area contributed by atoms with Gasteiger partial charge < -0.3 is 5.32 Å². The second-order valence-corrected chi connectivity index (χ2v) is 8.47. The van der Waals surface area contributed by atoms with Crippen molar-refractivity contribution in [3.8, 4) is 0 Å². The van der Waals surface area contributed by atoms with Crippen molar-refractivity contribution in [3.05, 3.63) is 83.6 Å². The number of anilines is 1. The zero-order chi connectivity index (χ0) is 21.6. The van der Waals surface area contributed by atoms with Gasteiger partial charge >= 0.3 is 0 Å².